The van der Waals surface area contributed by atoms with Crippen LogP contribution in [0, 0.1) is 11.5 Å². The quantitative estimate of drug-likeness (QED) is 0.324. The molecule has 3 heteroatoms. The Morgan fingerprint density at radius 1 is 1.40 bits per heavy atom. The van der Waals surface area contributed by atoms with Crippen molar-refractivity contribution in [1.29, 1.82) is 0 Å². The normalized spacial score (nSPS) is 14.7. The summed E-state index contributed by atoms with van der Waals surface area (Å²) in [5.41, 5.74) is 2.61. The third-order valence-electron chi connectivity index (χ3n) is 0.727. The van der Waals surface area contributed by atoms with Crippen LogP contribution in [0.2, 0.25) is 19.6 Å². The second-order valence-corrected chi connectivity index (χ2v) is 9.72. The molecular formula is C7H14FOSi-. The van der Waals surface area contributed by atoms with E-state index in [1.165, 1.54) is 0 Å². The number of hydrogen-bond acceptors (Lipinski definition) is 1. The van der Waals surface area contributed by atoms with Crippen LogP contribution in [0.3, 0.4) is 0 Å². The molecule has 0 aliphatic carbocycles. The van der Waals surface area contributed by atoms with Gasteiger partial charge in [0.25, 0.3) is 0 Å². The van der Waals surface area contributed by atoms with Gasteiger partial charge in [-0.2, -0.15) is 0 Å². The molecule has 0 amide bonds. The zero-order valence-corrected chi connectivity index (χ0v) is 7.99. The van der Waals surface area contributed by atoms with Crippen LogP contribution in [-0.4, -0.2) is 21.4 Å². The third-order valence-corrected chi connectivity index (χ3v) is 1.75. The van der Waals surface area contributed by atoms with Crippen molar-refractivity contribution >= 4 is 7.68 Å². The van der Waals surface area contributed by atoms with E-state index < -0.39 is 7.68 Å². The van der Waals surface area contributed by atoms with Crippen LogP contribution in [0.5, 0.6) is 0 Å². The Morgan fingerprint density at radius 3 is 2.20 bits per heavy atom. The zero-order chi connectivity index (χ0) is 8.28. The molecule has 0 aliphatic rings. The third kappa shape index (κ3) is 7.67. The van der Waals surface area contributed by atoms with Crippen molar-refractivity contribution in [2.45, 2.75) is 19.6 Å². The van der Waals surface area contributed by atoms with Crippen molar-refractivity contribution in [3.8, 4) is 11.5 Å². The van der Waals surface area contributed by atoms with E-state index in [1.54, 1.807) is 26.8 Å². The first-order valence-electron chi connectivity index (χ1n) is 3.24. The van der Waals surface area contributed by atoms with Crippen molar-refractivity contribution < 1.29 is 8.84 Å². The number of hydrogen-bond donors (Lipinski definition) is 0. The molecule has 0 aromatic heterocycles. The Morgan fingerprint density at radius 2 is 1.90 bits per heavy atom. The average Bonchev–Trinajstić information content (AvgIpc) is 1.61. The summed E-state index contributed by atoms with van der Waals surface area (Å²) in [7, 11) is -1.76. The topological polar surface area (TPSA) is 9.23 Å². The molecule has 0 atom stereocenters. The standard InChI is InChI=1S/C7H14FOSi/c1-9-6-5-7-10(2,3,4)8/h6H2,1-4H3/q-1. The van der Waals surface area contributed by atoms with Gasteiger partial charge in [-0.3, -0.25) is 0 Å². The predicted molar refractivity (Wildman–Crippen MR) is 44.1 cm³/mol. The molecule has 10 heavy (non-hydrogen) atoms. The first kappa shape index (κ1) is 9.67. The van der Waals surface area contributed by atoms with Crippen LogP contribution >= 0.6 is 0 Å². The van der Waals surface area contributed by atoms with Crippen molar-refractivity contribution in [2.75, 3.05) is 13.7 Å². The van der Waals surface area contributed by atoms with Crippen molar-refractivity contribution in [1.82, 2.24) is 0 Å². The molecule has 1 nitrogen and oxygen atoms in total. The van der Waals surface area contributed by atoms with Crippen LogP contribution < -0.4 is 0 Å². The molecule has 0 bridgehead atoms. The van der Waals surface area contributed by atoms with Gasteiger partial charge in [-0.1, -0.05) is 0 Å². The maximum absolute atomic E-state index is 13.3. The van der Waals surface area contributed by atoms with Gasteiger partial charge in [0.1, 0.15) is 0 Å². The van der Waals surface area contributed by atoms with Crippen molar-refractivity contribution in [3.63, 3.8) is 0 Å². The molecule has 0 spiro atoms. The Balaban J connectivity index is 4.04. The van der Waals surface area contributed by atoms with Gasteiger partial charge in [0.15, 0.2) is 0 Å². The molecule has 0 unspecified atom stereocenters. The van der Waals surface area contributed by atoms with Gasteiger partial charge in [-0.05, 0) is 0 Å². The maximum atomic E-state index is 13.3. The monoisotopic (exact) mass is 161 g/mol. The second-order valence-electron chi connectivity index (χ2n) is 3.65. The first-order valence-corrected chi connectivity index (χ1v) is 7.12. The summed E-state index contributed by atoms with van der Waals surface area (Å²) in [6.07, 6.45) is 0. The van der Waals surface area contributed by atoms with Gasteiger partial charge in [0.05, 0.1) is 0 Å². The minimum atomic E-state index is -3.31. The van der Waals surface area contributed by atoms with Crippen molar-refractivity contribution in [3.05, 3.63) is 0 Å². The summed E-state index contributed by atoms with van der Waals surface area (Å²) in [5.74, 6) is 2.64. The summed E-state index contributed by atoms with van der Waals surface area (Å²) in [5, 5.41) is 0. The molecule has 0 rings (SSSR count). The Bertz CT molecular complexity index is 160. The molecule has 0 aliphatic heterocycles. The van der Waals surface area contributed by atoms with Gasteiger partial charge >= 0.3 is 61.4 Å². The summed E-state index contributed by atoms with van der Waals surface area (Å²) < 4.78 is 18.0. The molecule has 0 saturated heterocycles. The van der Waals surface area contributed by atoms with E-state index in [4.69, 9.17) is 0 Å². The van der Waals surface area contributed by atoms with Crippen LogP contribution in [-0.2, 0) is 4.74 Å². The SMILES string of the molecule is COCC#C[Si-](C)(C)(C)F. The number of ether oxygens (including phenoxy) is 1. The van der Waals surface area contributed by atoms with E-state index in [1.807, 2.05) is 0 Å². The van der Waals surface area contributed by atoms with Crippen LogP contribution in [0.1, 0.15) is 0 Å². The molecule has 0 saturated carbocycles. The van der Waals surface area contributed by atoms with Crippen LogP contribution in [0.15, 0.2) is 0 Å². The fraction of sp³-hybridized carbons (Fsp3) is 0.714. The van der Waals surface area contributed by atoms with Crippen molar-refractivity contribution in [2.24, 2.45) is 0 Å². The molecule has 0 aromatic carbocycles. The molecule has 0 aromatic rings. The van der Waals surface area contributed by atoms with Crippen LogP contribution in [0.25, 0.3) is 0 Å². The van der Waals surface area contributed by atoms with Gasteiger partial charge < -0.3 is 0 Å². The average molecular weight is 161 g/mol. The van der Waals surface area contributed by atoms with E-state index in [0.29, 0.717) is 6.61 Å². The molecule has 0 heterocycles. The molecule has 0 N–H and O–H groups in total. The molecule has 0 radical (unpaired) electrons. The Hall–Kier alpha value is -0.333. The number of halogens is 1. The fourth-order valence-electron chi connectivity index (χ4n) is 0.407. The van der Waals surface area contributed by atoms with E-state index in [9.17, 15) is 4.11 Å². The Labute approximate surface area is 62.2 Å². The molecule has 60 valence electrons. The predicted octanol–water partition coefficient (Wildman–Crippen LogP) is 1.93. The van der Waals surface area contributed by atoms with Crippen LogP contribution in [0.4, 0.5) is 4.11 Å². The zero-order valence-electron chi connectivity index (χ0n) is 6.99. The summed E-state index contributed by atoms with van der Waals surface area (Å²) >= 11 is 0. The van der Waals surface area contributed by atoms with Gasteiger partial charge in [0.2, 0.25) is 0 Å². The van der Waals surface area contributed by atoms with E-state index in [0.717, 1.165) is 0 Å². The molecular weight excluding hydrogens is 147 g/mol. The minimum absolute atomic E-state index is 0.322. The van der Waals surface area contributed by atoms with Gasteiger partial charge in [-0.15, -0.1) is 0 Å². The first-order chi connectivity index (χ1) is 4.31. The molecule has 0 fully saturated rings. The van der Waals surface area contributed by atoms with E-state index in [2.05, 4.69) is 16.2 Å². The number of methoxy groups -OCH3 is 1. The summed E-state index contributed by atoms with van der Waals surface area (Å²) in [4.78, 5) is 0. The van der Waals surface area contributed by atoms with Gasteiger partial charge in [0, 0.05) is 0 Å². The summed E-state index contributed by atoms with van der Waals surface area (Å²) in [6.45, 7) is 5.08. The fourth-order valence-corrected chi connectivity index (χ4v) is 1.08. The summed E-state index contributed by atoms with van der Waals surface area (Å²) in [6, 6.07) is 0. The van der Waals surface area contributed by atoms with E-state index >= 15 is 0 Å². The Kier molecular flexibility index (Phi) is 2.64. The van der Waals surface area contributed by atoms with Gasteiger partial charge in [-0.25, -0.2) is 0 Å². The second kappa shape index (κ2) is 2.73. The number of rotatable bonds is 1. The van der Waals surface area contributed by atoms with E-state index in [-0.39, 0.29) is 0 Å².